The minimum Gasteiger partial charge on any atom is -0.291 e. The van der Waals surface area contributed by atoms with Gasteiger partial charge in [0.15, 0.2) is 6.29 Å². The van der Waals surface area contributed by atoms with Gasteiger partial charge in [-0.1, -0.05) is 44.1 Å². The molecule has 0 aromatic rings. The van der Waals surface area contributed by atoms with E-state index < -0.39 is 9.85 Å². The van der Waals surface area contributed by atoms with Crippen LogP contribution in [0.2, 0.25) is 0 Å². The van der Waals surface area contributed by atoms with Gasteiger partial charge in [-0.15, -0.1) is 0 Å². The third-order valence-corrected chi connectivity index (χ3v) is 3.79. The molecule has 0 atom stereocenters. The Balaban J connectivity index is 4.44. The zero-order valence-corrected chi connectivity index (χ0v) is 16.0. The molecule has 7 nitrogen and oxygen atoms in total. The molecule has 0 fully saturated rings. The van der Waals surface area contributed by atoms with Crippen LogP contribution in [-0.4, -0.2) is 16.1 Å². The number of hydrogen-bond donors (Lipinski definition) is 0. The van der Waals surface area contributed by atoms with Crippen molar-refractivity contribution in [3.05, 3.63) is 68.1 Å². The van der Waals surface area contributed by atoms with E-state index in [2.05, 4.69) is 6.92 Å². The van der Waals surface area contributed by atoms with Crippen molar-refractivity contribution in [3.63, 3.8) is 0 Å². The minimum atomic E-state index is -0.464. The number of nitro groups is 2. The number of unbranched alkanes of at least 4 members (excludes halogenated alkanes) is 4. The Hall–Kier alpha value is -2.57. The normalized spacial score (nSPS) is 12.8. The van der Waals surface area contributed by atoms with Crippen LogP contribution in [0.15, 0.2) is 47.9 Å². The molecule has 149 valence electrons. The van der Waals surface area contributed by atoms with Crippen molar-refractivity contribution >= 4 is 6.29 Å². The first kappa shape index (κ1) is 24.4. The molecule has 0 aliphatic carbocycles. The first-order chi connectivity index (χ1) is 13.0. The molecule has 7 heteroatoms. The van der Waals surface area contributed by atoms with Crippen molar-refractivity contribution in [2.45, 2.75) is 71.1 Å². The van der Waals surface area contributed by atoms with Crippen LogP contribution in [0.25, 0.3) is 0 Å². The number of hydrogen-bond acceptors (Lipinski definition) is 5. The Bertz CT molecular complexity index is 577. The topological polar surface area (TPSA) is 103 Å². The van der Waals surface area contributed by atoms with Crippen LogP contribution < -0.4 is 0 Å². The monoisotopic (exact) mass is 377 g/mol. The first-order valence-corrected chi connectivity index (χ1v) is 9.34. The van der Waals surface area contributed by atoms with Crippen LogP contribution in [0.3, 0.4) is 0 Å². The predicted molar refractivity (Wildman–Crippen MR) is 106 cm³/mol. The predicted octanol–water partition coefficient (Wildman–Crippen LogP) is 5.45. The maximum Gasteiger partial charge on any atom is 0.246 e. The van der Waals surface area contributed by atoms with Crippen molar-refractivity contribution in [1.82, 2.24) is 0 Å². The van der Waals surface area contributed by atoms with Crippen LogP contribution in [-0.2, 0) is 4.79 Å². The third kappa shape index (κ3) is 14.3. The van der Waals surface area contributed by atoms with Gasteiger partial charge in [-0.05, 0) is 44.3 Å². The molecule has 0 aromatic carbocycles. The lowest BCUT2D eigenvalue weighted by molar-refractivity contribution is -0.428. The van der Waals surface area contributed by atoms with E-state index in [9.17, 15) is 25.0 Å². The van der Waals surface area contributed by atoms with Crippen LogP contribution in [0.4, 0.5) is 0 Å². The largest absolute Gasteiger partial charge is 0.291 e. The maximum absolute atomic E-state index is 11.1. The fourth-order valence-corrected chi connectivity index (χ4v) is 2.28. The molecule has 0 unspecified atom stereocenters. The fraction of sp³-hybridized carbons (Fsp3) is 0.550. The van der Waals surface area contributed by atoms with E-state index in [1.54, 1.807) is 24.5 Å². The standard InChI is InChI=1S/C20H29N2O5/c1-2-3-4-5-6-7-9-14-19(21(24)25)15-10-8-11-16-20(22(26)27)17-12-13-18-23/h6-8,10,14,16H,2-5,9,11-13,15,17H2,1H3/b7-6-,10-8-,19-14+,20-16+. The van der Waals surface area contributed by atoms with Crippen molar-refractivity contribution < 1.29 is 14.6 Å². The second kappa shape index (κ2) is 16.9. The second-order valence-electron chi connectivity index (χ2n) is 6.02. The molecule has 1 radical (unpaired) electrons. The van der Waals surface area contributed by atoms with Crippen molar-refractivity contribution in [2.75, 3.05) is 0 Å². The fourth-order valence-electron chi connectivity index (χ4n) is 2.28. The third-order valence-electron chi connectivity index (χ3n) is 3.79. The van der Waals surface area contributed by atoms with Gasteiger partial charge in [0.2, 0.25) is 11.4 Å². The van der Waals surface area contributed by atoms with E-state index in [0.717, 1.165) is 12.8 Å². The van der Waals surface area contributed by atoms with Gasteiger partial charge in [0.25, 0.3) is 0 Å². The number of allylic oxidation sites excluding steroid dienone is 7. The van der Waals surface area contributed by atoms with Gasteiger partial charge in [-0.25, -0.2) is 0 Å². The summed E-state index contributed by atoms with van der Waals surface area (Å²) in [6, 6.07) is 0. The summed E-state index contributed by atoms with van der Waals surface area (Å²) in [5, 5.41) is 22.0. The Morgan fingerprint density at radius 1 is 0.889 bits per heavy atom. The van der Waals surface area contributed by atoms with E-state index in [4.69, 9.17) is 0 Å². The highest BCUT2D eigenvalue weighted by Crippen LogP contribution is 2.10. The van der Waals surface area contributed by atoms with Crippen LogP contribution in [0, 0.1) is 20.2 Å². The molecule has 27 heavy (non-hydrogen) atoms. The van der Waals surface area contributed by atoms with Crippen LogP contribution in [0.1, 0.15) is 71.1 Å². The zero-order chi connectivity index (χ0) is 20.3. The van der Waals surface area contributed by atoms with Gasteiger partial charge in [-0.3, -0.25) is 25.0 Å². The molecular weight excluding hydrogens is 348 g/mol. The van der Waals surface area contributed by atoms with Crippen molar-refractivity contribution in [1.29, 1.82) is 0 Å². The molecule has 0 saturated heterocycles. The molecule has 0 N–H and O–H groups in total. The SMILES string of the molecule is CCCCC/C=C\C/C=C(\C/C=C\C/C=C(\CCC[C]=O)[N+](=O)[O-])[N+](=O)[O-]. The minimum absolute atomic E-state index is 0.0492. The summed E-state index contributed by atoms with van der Waals surface area (Å²) in [6.07, 6.45) is 18.3. The van der Waals surface area contributed by atoms with E-state index in [0.29, 0.717) is 19.3 Å². The lowest BCUT2D eigenvalue weighted by Crippen LogP contribution is -1.99. The van der Waals surface area contributed by atoms with Crippen LogP contribution in [0.5, 0.6) is 0 Å². The summed E-state index contributed by atoms with van der Waals surface area (Å²) < 4.78 is 0. The van der Waals surface area contributed by atoms with Gasteiger partial charge in [0.1, 0.15) is 0 Å². The van der Waals surface area contributed by atoms with Crippen molar-refractivity contribution in [3.8, 4) is 0 Å². The molecule has 0 spiro atoms. The van der Waals surface area contributed by atoms with E-state index >= 15 is 0 Å². The van der Waals surface area contributed by atoms with Gasteiger partial charge in [-0.2, -0.15) is 0 Å². The summed E-state index contributed by atoms with van der Waals surface area (Å²) in [5.74, 6) is 0. The Morgan fingerprint density at radius 2 is 1.52 bits per heavy atom. The highest BCUT2D eigenvalue weighted by Gasteiger charge is 2.09. The maximum atomic E-state index is 11.1. The smallest absolute Gasteiger partial charge is 0.246 e. The molecule has 0 heterocycles. The van der Waals surface area contributed by atoms with Crippen LogP contribution >= 0.6 is 0 Å². The lowest BCUT2D eigenvalue weighted by Gasteiger charge is -1.96. The second-order valence-corrected chi connectivity index (χ2v) is 6.02. The summed E-state index contributed by atoms with van der Waals surface area (Å²) in [4.78, 5) is 31.2. The number of carbonyl (C=O) groups excluding carboxylic acids is 1. The average molecular weight is 377 g/mol. The van der Waals surface area contributed by atoms with E-state index in [-0.39, 0.29) is 30.7 Å². The Kier molecular flexibility index (Phi) is 15.3. The summed E-state index contributed by atoms with van der Waals surface area (Å²) in [7, 11) is 0. The molecule has 0 bridgehead atoms. The molecule has 0 saturated carbocycles. The number of nitrogens with zero attached hydrogens (tertiary/aromatic N) is 2. The Labute approximate surface area is 160 Å². The van der Waals surface area contributed by atoms with E-state index in [1.807, 2.05) is 12.2 Å². The highest BCUT2D eigenvalue weighted by molar-refractivity contribution is 5.50. The molecular formula is C20H29N2O5. The molecule has 0 amide bonds. The molecule has 0 aliphatic heterocycles. The molecule has 0 aliphatic rings. The highest BCUT2D eigenvalue weighted by atomic mass is 16.6. The van der Waals surface area contributed by atoms with Gasteiger partial charge in [0.05, 0.1) is 16.3 Å². The average Bonchev–Trinajstić information content (AvgIpc) is 2.63. The van der Waals surface area contributed by atoms with Crippen molar-refractivity contribution in [2.24, 2.45) is 0 Å². The zero-order valence-electron chi connectivity index (χ0n) is 16.0. The molecule has 0 aromatic heterocycles. The number of rotatable bonds is 16. The van der Waals surface area contributed by atoms with Gasteiger partial charge >= 0.3 is 0 Å². The summed E-state index contributed by atoms with van der Waals surface area (Å²) in [5.41, 5.74) is 0.164. The summed E-state index contributed by atoms with van der Waals surface area (Å²) >= 11 is 0. The quantitative estimate of drug-likeness (QED) is 0.154. The van der Waals surface area contributed by atoms with Gasteiger partial charge in [0, 0.05) is 12.8 Å². The summed E-state index contributed by atoms with van der Waals surface area (Å²) in [6.45, 7) is 2.14. The van der Waals surface area contributed by atoms with E-state index in [1.165, 1.54) is 18.9 Å². The molecule has 0 rings (SSSR count). The Morgan fingerprint density at radius 3 is 2.11 bits per heavy atom. The van der Waals surface area contributed by atoms with Gasteiger partial charge < -0.3 is 0 Å². The first-order valence-electron chi connectivity index (χ1n) is 9.34. The lowest BCUT2D eigenvalue weighted by atomic mass is 10.1.